The molecule has 0 saturated carbocycles. The normalized spacial score (nSPS) is 11.9. The van der Waals surface area contributed by atoms with Crippen LogP contribution in [0.4, 0.5) is 0 Å². The number of ether oxygens (including phenoxy) is 1. The fourth-order valence-corrected chi connectivity index (χ4v) is 2.03. The van der Waals surface area contributed by atoms with Crippen molar-refractivity contribution < 1.29 is 14.3 Å². The first kappa shape index (κ1) is 15.4. The minimum Gasteiger partial charge on any atom is -0.465 e. The van der Waals surface area contributed by atoms with Gasteiger partial charge in [-0.25, -0.2) is 0 Å². The predicted molar refractivity (Wildman–Crippen MR) is 74.8 cm³/mol. The molecule has 3 nitrogen and oxygen atoms in total. The van der Waals surface area contributed by atoms with Crippen molar-refractivity contribution >= 4 is 11.8 Å². The maximum atomic E-state index is 12.0. The summed E-state index contributed by atoms with van der Waals surface area (Å²) in [5, 5.41) is 0. The summed E-state index contributed by atoms with van der Waals surface area (Å²) >= 11 is 0. The van der Waals surface area contributed by atoms with Crippen LogP contribution in [0.25, 0.3) is 0 Å². The largest absolute Gasteiger partial charge is 0.465 e. The maximum absolute atomic E-state index is 12.0. The Morgan fingerprint density at radius 1 is 1.16 bits per heavy atom. The first-order valence-electron chi connectivity index (χ1n) is 6.92. The van der Waals surface area contributed by atoms with Gasteiger partial charge in [-0.3, -0.25) is 9.59 Å². The second-order valence-electron chi connectivity index (χ2n) is 4.55. The summed E-state index contributed by atoms with van der Waals surface area (Å²) in [7, 11) is 0. The topological polar surface area (TPSA) is 43.4 Å². The predicted octanol–water partition coefficient (Wildman–Crippen LogP) is 3.17. The van der Waals surface area contributed by atoms with E-state index in [2.05, 4.69) is 0 Å². The molecule has 0 aliphatic heterocycles. The molecule has 0 spiro atoms. The zero-order valence-corrected chi connectivity index (χ0v) is 11.7. The van der Waals surface area contributed by atoms with E-state index in [0.717, 1.165) is 18.4 Å². The molecule has 0 radical (unpaired) electrons. The van der Waals surface area contributed by atoms with Crippen LogP contribution < -0.4 is 0 Å². The lowest BCUT2D eigenvalue weighted by molar-refractivity contribution is -0.151. The summed E-state index contributed by atoms with van der Waals surface area (Å²) in [5.41, 5.74) is 1.14. The number of carbonyl (C=O) groups excluding carboxylic acids is 2. The molecule has 1 aromatic carbocycles. The van der Waals surface area contributed by atoms with Gasteiger partial charge in [0.25, 0.3) is 0 Å². The lowest BCUT2D eigenvalue weighted by Crippen LogP contribution is -2.26. The van der Waals surface area contributed by atoms with E-state index in [1.807, 2.05) is 37.3 Å². The molecular formula is C16H22O3. The summed E-state index contributed by atoms with van der Waals surface area (Å²) < 4.78 is 5.00. The van der Waals surface area contributed by atoms with E-state index in [9.17, 15) is 9.59 Å². The van der Waals surface area contributed by atoms with E-state index >= 15 is 0 Å². The second-order valence-corrected chi connectivity index (χ2v) is 4.55. The third-order valence-corrected chi connectivity index (χ3v) is 3.02. The monoisotopic (exact) mass is 262 g/mol. The lowest BCUT2D eigenvalue weighted by atomic mass is 9.93. The van der Waals surface area contributed by atoms with Crippen LogP contribution in [0.3, 0.4) is 0 Å². The first-order valence-corrected chi connectivity index (χ1v) is 6.92. The summed E-state index contributed by atoms with van der Waals surface area (Å²) in [6.07, 6.45) is 2.46. The fourth-order valence-electron chi connectivity index (χ4n) is 2.03. The molecule has 0 aliphatic rings. The standard InChI is InChI=1S/C16H22O3/c1-3-8-15(17)14(16(18)19-4-2)12-11-13-9-6-5-7-10-13/h5-7,9-10,14H,3-4,8,11-12H2,1-2H3. The Morgan fingerprint density at radius 2 is 1.84 bits per heavy atom. The Morgan fingerprint density at radius 3 is 2.42 bits per heavy atom. The number of Topliss-reactive ketones (excluding diaryl/α,β-unsaturated/α-hetero) is 1. The number of rotatable bonds is 8. The van der Waals surface area contributed by atoms with E-state index in [4.69, 9.17) is 4.74 Å². The summed E-state index contributed by atoms with van der Waals surface area (Å²) in [6.45, 7) is 4.02. The van der Waals surface area contributed by atoms with Crippen LogP contribution >= 0.6 is 0 Å². The van der Waals surface area contributed by atoms with Crippen LogP contribution in [0.15, 0.2) is 30.3 Å². The van der Waals surface area contributed by atoms with Crippen LogP contribution in [0, 0.1) is 5.92 Å². The smallest absolute Gasteiger partial charge is 0.316 e. The van der Waals surface area contributed by atoms with Gasteiger partial charge in [0.15, 0.2) is 0 Å². The Kier molecular flexibility index (Phi) is 6.86. The number of carbonyl (C=O) groups is 2. The second kappa shape index (κ2) is 8.46. The summed E-state index contributed by atoms with van der Waals surface area (Å²) in [4.78, 5) is 23.8. The van der Waals surface area contributed by atoms with Gasteiger partial charge in [-0.05, 0) is 31.7 Å². The van der Waals surface area contributed by atoms with Gasteiger partial charge in [0.05, 0.1) is 6.61 Å². The molecule has 19 heavy (non-hydrogen) atoms. The SMILES string of the molecule is CCCC(=O)C(CCc1ccccc1)C(=O)OCC. The number of aryl methyl sites for hydroxylation is 1. The van der Waals surface area contributed by atoms with Gasteiger partial charge in [0.1, 0.15) is 11.7 Å². The molecule has 0 aliphatic carbocycles. The van der Waals surface area contributed by atoms with Crippen molar-refractivity contribution in [3.05, 3.63) is 35.9 Å². The van der Waals surface area contributed by atoms with Crippen LogP contribution in [0.1, 0.15) is 38.7 Å². The first-order chi connectivity index (χ1) is 9.19. The highest BCUT2D eigenvalue weighted by Gasteiger charge is 2.26. The minimum absolute atomic E-state index is 0.00289. The van der Waals surface area contributed by atoms with Crippen molar-refractivity contribution in [2.75, 3.05) is 6.61 Å². The van der Waals surface area contributed by atoms with Crippen molar-refractivity contribution in [1.82, 2.24) is 0 Å². The molecule has 0 saturated heterocycles. The molecule has 1 atom stereocenters. The van der Waals surface area contributed by atoms with Crippen LogP contribution in [0.2, 0.25) is 0 Å². The maximum Gasteiger partial charge on any atom is 0.316 e. The molecule has 104 valence electrons. The van der Waals surface area contributed by atoms with Gasteiger partial charge >= 0.3 is 5.97 Å². The average molecular weight is 262 g/mol. The van der Waals surface area contributed by atoms with E-state index in [0.29, 0.717) is 19.4 Å². The van der Waals surface area contributed by atoms with Crippen molar-refractivity contribution in [3.63, 3.8) is 0 Å². The van der Waals surface area contributed by atoms with Gasteiger partial charge in [0, 0.05) is 6.42 Å². The minimum atomic E-state index is -0.611. The van der Waals surface area contributed by atoms with Crippen molar-refractivity contribution in [2.45, 2.75) is 39.5 Å². The highest BCUT2D eigenvalue weighted by molar-refractivity contribution is 5.98. The molecule has 1 unspecified atom stereocenters. The van der Waals surface area contributed by atoms with Gasteiger partial charge < -0.3 is 4.74 Å². The highest BCUT2D eigenvalue weighted by atomic mass is 16.5. The van der Waals surface area contributed by atoms with Crippen LogP contribution in [0.5, 0.6) is 0 Å². The number of esters is 1. The average Bonchev–Trinajstić information content (AvgIpc) is 2.41. The Labute approximate surface area is 115 Å². The molecule has 1 aromatic rings. The van der Waals surface area contributed by atoms with Gasteiger partial charge in [0.2, 0.25) is 0 Å². The number of hydrogen-bond acceptors (Lipinski definition) is 3. The Hall–Kier alpha value is -1.64. The Balaban J connectivity index is 2.63. The van der Waals surface area contributed by atoms with E-state index < -0.39 is 5.92 Å². The highest BCUT2D eigenvalue weighted by Crippen LogP contribution is 2.15. The van der Waals surface area contributed by atoms with Crippen molar-refractivity contribution in [3.8, 4) is 0 Å². The van der Waals surface area contributed by atoms with E-state index in [1.54, 1.807) is 6.92 Å². The molecular weight excluding hydrogens is 240 g/mol. The quantitative estimate of drug-likeness (QED) is 0.534. The molecule has 0 heterocycles. The third-order valence-electron chi connectivity index (χ3n) is 3.02. The number of ketones is 1. The fraction of sp³-hybridized carbons (Fsp3) is 0.500. The zero-order chi connectivity index (χ0) is 14.1. The molecule has 0 N–H and O–H groups in total. The van der Waals surface area contributed by atoms with Gasteiger partial charge in [-0.2, -0.15) is 0 Å². The van der Waals surface area contributed by atoms with Crippen molar-refractivity contribution in [1.29, 1.82) is 0 Å². The summed E-state index contributed by atoms with van der Waals surface area (Å²) in [6, 6.07) is 9.89. The van der Waals surface area contributed by atoms with E-state index in [1.165, 1.54) is 0 Å². The summed E-state index contributed by atoms with van der Waals surface area (Å²) in [5.74, 6) is -0.992. The number of hydrogen-bond donors (Lipinski definition) is 0. The van der Waals surface area contributed by atoms with Crippen molar-refractivity contribution in [2.24, 2.45) is 5.92 Å². The van der Waals surface area contributed by atoms with Gasteiger partial charge in [-0.1, -0.05) is 37.3 Å². The van der Waals surface area contributed by atoms with E-state index in [-0.39, 0.29) is 11.8 Å². The molecule has 3 heteroatoms. The Bertz CT molecular complexity index is 380. The molecule has 0 fully saturated rings. The molecule has 1 rings (SSSR count). The van der Waals surface area contributed by atoms with Crippen LogP contribution in [-0.4, -0.2) is 18.4 Å². The van der Waals surface area contributed by atoms with Crippen LogP contribution in [-0.2, 0) is 20.7 Å². The zero-order valence-electron chi connectivity index (χ0n) is 11.7. The lowest BCUT2D eigenvalue weighted by Gasteiger charge is -2.14. The molecule has 0 aromatic heterocycles. The molecule has 0 bridgehead atoms. The van der Waals surface area contributed by atoms with Gasteiger partial charge in [-0.15, -0.1) is 0 Å². The molecule has 0 amide bonds. The third kappa shape index (κ3) is 5.25. The number of benzene rings is 1.